The average molecular weight is 671 g/mol. The number of ketones is 1. The van der Waals surface area contributed by atoms with E-state index in [0.29, 0.717) is 12.8 Å². The van der Waals surface area contributed by atoms with E-state index in [1.807, 2.05) is 0 Å². The van der Waals surface area contributed by atoms with Crippen LogP contribution in [-0.4, -0.2) is 78.5 Å². The van der Waals surface area contributed by atoms with Crippen LogP contribution in [0.25, 0.3) is 0 Å². The van der Waals surface area contributed by atoms with Crippen molar-refractivity contribution in [3.63, 3.8) is 0 Å². The molecule has 0 aromatic heterocycles. The van der Waals surface area contributed by atoms with Crippen molar-refractivity contribution in [3.05, 3.63) is 82.6 Å². The van der Waals surface area contributed by atoms with E-state index in [4.69, 9.17) is 9.47 Å². The number of hydrogen-bond acceptors (Lipinski definition) is 8. The lowest BCUT2D eigenvalue weighted by Gasteiger charge is -2.56. The molecular weight excluding hydrogens is 628 g/mol. The lowest BCUT2D eigenvalue weighted by molar-refractivity contribution is -0.147. The zero-order valence-corrected chi connectivity index (χ0v) is 28.8. The summed E-state index contributed by atoms with van der Waals surface area (Å²) in [6, 6.07) is 15.6. The molecule has 3 aliphatic carbocycles. The monoisotopic (exact) mass is 670 g/mol. The van der Waals surface area contributed by atoms with Crippen LogP contribution in [-0.2, 0) is 34.7 Å². The summed E-state index contributed by atoms with van der Waals surface area (Å²) in [5.41, 5.74) is 4.86. The zero-order valence-electron chi connectivity index (χ0n) is 28.8. The maximum absolute atomic E-state index is 14.5. The number of nitrogens with one attached hydrogen (secondary N) is 2. The van der Waals surface area contributed by atoms with Gasteiger partial charge in [-0.15, -0.1) is 0 Å². The molecule has 50 heavy (non-hydrogen) atoms. The van der Waals surface area contributed by atoms with Gasteiger partial charge in [0.2, 0.25) is 5.91 Å². The molecule has 6 fully saturated rings. The minimum absolute atomic E-state index is 0.000175. The highest BCUT2D eigenvalue weighted by molar-refractivity contribution is 6.19. The summed E-state index contributed by atoms with van der Waals surface area (Å²) in [5.74, 6) is -0.391. The predicted octanol–water partition coefficient (Wildman–Crippen LogP) is 4.60. The molecule has 11 atom stereocenters. The molecule has 1 amide bonds. The van der Waals surface area contributed by atoms with E-state index in [-0.39, 0.29) is 70.2 Å². The molecule has 10 aliphatic rings. The van der Waals surface area contributed by atoms with Gasteiger partial charge in [-0.25, -0.2) is 4.79 Å². The van der Waals surface area contributed by atoms with Crippen molar-refractivity contribution in [2.24, 2.45) is 22.2 Å². The van der Waals surface area contributed by atoms with Crippen LogP contribution in [0.4, 0.5) is 11.4 Å². The van der Waals surface area contributed by atoms with E-state index < -0.39 is 10.8 Å². The highest BCUT2D eigenvalue weighted by atomic mass is 16.6. The van der Waals surface area contributed by atoms with Crippen LogP contribution in [0, 0.1) is 22.2 Å². The van der Waals surface area contributed by atoms with Crippen LogP contribution in [0.15, 0.2) is 65.9 Å². The lowest BCUT2D eigenvalue weighted by atomic mass is 9.51. The van der Waals surface area contributed by atoms with Crippen molar-refractivity contribution >= 4 is 29.0 Å². The number of Topliss-reactive ketones (excluding diaryl/α,β-unsaturated/α-hetero) is 1. The molecule has 2 bridgehead atoms. The van der Waals surface area contributed by atoms with E-state index in [1.165, 1.54) is 18.2 Å². The summed E-state index contributed by atoms with van der Waals surface area (Å²) in [4.78, 5) is 47.6. The van der Waals surface area contributed by atoms with Crippen molar-refractivity contribution in [1.82, 2.24) is 9.80 Å². The third-order valence-electron chi connectivity index (χ3n) is 16.2. The number of rotatable bonds is 3. The van der Waals surface area contributed by atoms with Crippen molar-refractivity contribution in [1.29, 1.82) is 0 Å². The number of piperidine rings is 1. The molecule has 9 nitrogen and oxygen atoms in total. The van der Waals surface area contributed by atoms with E-state index in [1.54, 1.807) is 0 Å². The highest BCUT2D eigenvalue weighted by Crippen LogP contribution is 2.78. The molecule has 2 aromatic rings. The fourth-order valence-electron chi connectivity index (χ4n) is 14.6. The number of fused-ring (bicyclic) bond motifs is 4. The number of hydrogen-bond donors (Lipinski definition) is 2. The molecule has 7 heterocycles. The number of methoxy groups -OCH3 is 1. The number of anilines is 2. The Balaban J connectivity index is 1.04. The molecule has 4 spiro atoms. The summed E-state index contributed by atoms with van der Waals surface area (Å²) < 4.78 is 12.3. The van der Waals surface area contributed by atoms with Crippen molar-refractivity contribution in [3.8, 4) is 0 Å². The second-order valence-electron chi connectivity index (χ2n) is 17.2. The average Bonchev–Trinajstić information content (AvgIpc) is 3.38. The van der Waals surface area contributed by atoms with Gasteiger partial charge in [0.15, 0.2) is 5.78 Å². The maximum Gasteiger partial charge on any atom is 0.335 e. The minimum Gasteiger partial charge on any atom is -0.466 e. The topological polar surface area (TPSA) is 104 Å². The van der Waals surface area contributed by atoms with Gasteiger partial charge >= 0.3 is 5.97 Å². The number of esters is 1. The van der Waals surface area contributed by atoms with Gasteiger partial charge in [0, 0.05) is 64.4 Å². The van der Waals surface area contributed by atoms with Gasteiger partial charge in [-0.1, -0.05) is 56.3 Å². The summed E-state index contributed by atoms with van der Waals surface area (Å²) in [5, 5.41) is 7.03. The van der Waals surface area contributed by atoms with Crippen molar-refractivity contribution in [2.75, 3.05) is 37.4 Å². The Hall–Kier alpha value is -3.79. The van der Waals surface area contributed by atoms with Crippen molar-refractivity contribution in [2.45, 2.75) is 87.1 Å². The van der Waals surface area contributed by atoms with E-state index in [0.717, 1.165) is 67.1 Å². The standard InChI is InChI=1S/C41H42N4O5/c1-4-37-19-23(33(47)49-3)30-39(24-8-5-6-9-26(24)42-30)13-17-45(34(37)39)28(29-32(37)50-29)22-10-11-27-25(18-22)40-14-16-44-15-7-12-38(35(40)44)20-41(40,36(48)43-27)31(46)21(38)2/h5-12,18,21,28-29,32,34-35,42H,4,13-17,19-20H2,1-3H3,(H,43,48)/t21-,28+,29+,32+,34-,35+,37+,38-,39+,40+,41+/m0/s1. The largest absolute Gasteiger partial charge is 0.466 e. The quantitative estimate of drug-likeness (QED) is 0.212. The highest BCUT2D eigenvalue weighted by Gasteiger charge is 2.85. The number of epoxide rings is 1. The van der Waals surface area contributed by atoms with Crippen LogP contribution < -0.4 is 10.6 Å². The summed E-state index contributed by atoms with van der Waals surface area (Å²) in [6.45, 7) is 6.98. The van der Waals surface area contributed by atoms with Crippen LogP contribution in [0.3, 0.4) is 0 Å². The molecule has 0 unspecified atom stereocenters. The number of carbonyl (C=O) groups excluding carboxylic acids is 3. The van der Waals surface area contributed by atoms with Crippen LogP contribution in [0.5, 0.6) is 0 Å². The van der Waals surface area contributed by atoms with Gasteiger partial charge in [0.1, 0.15) is 11.5 Å². The molecule has 9 heteroatoms. The van der Waals surface area contributed by atoms with Gasteiger partial charge in [-0.3, -0.25) is 19.4 Å². The number of amides is 1. The molecule has 7 aliphatic heterocycles. The third kappa shape index (κ3) is 2.66. The molecule has 0 radical (unpaired) electrons. The molecule has 256 valence electrons. The van der Waals surface area contributed by atoms with Crippen LogP contribution in [0.1, 0.15) is 68.7 Å². The fourth-order valence-corrected chi connectivity index (χ4v) is 14.6. The number of nitrogens with zero attached hydrogens (tertiary/aromatic N) is 2. The first-order valence-electron chi connectivity index (χ1n) is 18.8. The third-order valence-corrected chi connectivity index (χ3v) is 16.2. The molecule has 2 aromatic carbocycles. The number of para-hydroxylation sites is 1. The maximum atomic E-state index is 14.5. The first kappa shape index (κ1) is 28.9. The molecular formula is C41H42N4O5. The van der Waals surface area contributed by atoms with Gasteiger partial charge < -0.3 is 20.1 Å². The summed E-state index contributed by atoms with van der Waals surface area (Å²) in [6.07, 6.45) is 8.42. The smallest absolute Gasteiger partial charge is 0.335 e. The van der Waals surface area contributed by atoms with Crippen LogP contribution >= 0.6 is 0 Å². The summed E-state index contributed by atoms with van der Waals surface area (Å²) in [7, 11) is 1.49. The first-order valence-corrected chi connectivity index (χ1v) is 18.8. The van der Waals surface area contributed by atoms with Gasteiger partial charge in [-0.2, -0.15) is 0 Å². The SMILES string of the molecule is CC[C@@]12CC(C(=O)OC)=C3Nc4ccccc4[C@]34CCN([C@H](c3ccc5c(c3)[C@@]36CCN7CC=C[C@@]8(C[C@]3(C(=O)N5)C(=O)[C@@H]8C)[C@@H]76)[C@H]3O[C@H]31)[C@@H]24. The van der Waals surface area contributed by atoms with Gasteiger partial charge in [0.25, 0.3) is 0 Å². The minimum atomic E-state index is -1.04. The Morgan fingerprint density at radius 1 is 1.04 bits per heavy atom. The van der Waals surface area contributed by atoms with Crippen LogP contribution in [0.2, 0.25) is 0 Å². The Bertz CT molecular complexity index is 2090. The molecule has 2 saturated carbocycles. The molecule has 4 saturated heterocycles. The second-order valence-corrected chi connectivity index (χ2v) is 17.2. The Labute approximate surface area is 291 Å². The first-order chi connectivity index (χ1) is 24.2. The number of ether oxygens (including phenoxy) is 2. The van der Waals surface area contributed by atoms with E-state index >= 15 is 0 Å². The molecule has 2 N–H and O–H groups in total. The molecule has 12 rings (SSSR count). The van der Waals surface area contributed by atoms with Crippen molar-refractivity contribution < 1.29 is 23.9 Å². The predicted molar refractivity (Wildman–Crippen MR) is 184 cm³/mol. The van der Waals surface area contributed by atoms with Gasteiger partial charge in [-0.05, 0) is 67.5 Å². The summed E-state index contributed by atoms with van der Waals surface area (Å²) >= 11 is 0. The second kappa shape index (κ2) is 8.63. The van der Waals surface area contributed by atoms with E-state index in [2.05, 4.69) is 88.9 Å². The number of carbonyl (C=O) groups is 3. The zero-order chi connectivity index (χ0) is 33.7. The Kier molecular flexibility index (Phi) is 4.98. The Morgan fingerprint density at radius 3 is 2.72 bits per heavy atom. The fraction of sp³-hybridized carbons (Fsp3) is 0.537. The van der Waals surface area contributed by atoms with E-state index in [9.17, 15) is 14.4 Å². The Morgan fingerprint density at radius 2 is 1.88 bits per heavy atom. The number of benzene rings is 2. The lowest BCUT2D eigenvalue weighted by Crippen LogP contribution is -2.66. The normalized spacial score (nSPS) is 46.3. The van der Waals surface area contributed by atoms with Gasteiger partial charge in [0.05, 0.1) is 30.2 Å².